The number of nitrogens with zero attached hydrogens (tertiary/aromatic N) is 3. The summed E-state index contributed by atoms with van der Waals surface area (Å²) >= 11 is 0. The van der Waals surface area contributed by atoms with Crippen LogP contribution in [0.5, 0.6) is 0 Å². The predicted octanol–water partition coefficient (Wildman–Crippen LogP) is 0.733. The summed E-state index contributed by atoms with van der Waals surface area (Å²) in [4.78, 5) is 16.8. The molecule has 1 N–H and O–H groups in total. The number of likely N-dealkylation sites (tertiary alicyclic amines) is 1. The molecular weight excluding hydrogens is 383 g/mol. The fourth-order valence-corrected chi connectivity index (χ4v) is 5.35. The first-order chi connectivity index (χ1) is 13.4. The van der Waals surface area contributed by atoms with Crippen molar-refractivity contribution in [2.75, 3.05) is 52.4 Å². The van der Waals surface area contributed by atoms with Crippen molar-refractivity contribution in [1.29, 1.82) is 0 Å². The smallest absolute Gasteiger partial charge is 0.243 e. The number of sulfonamides is 1. The molecule has 28 heavy (non-hydrogen) atoms. The lowest BCUT2D eigenvalue weighted by Gasteiger charge is -2.32. The Hall–Kier alpha value is -1.55. The Kier molecular flexibility index (Phi) is 7.03. The molecule has 2 heterocycles. The minimum Gasteiger partial charge on any atom is -0.339 e. The van der Waals surface area contributed by atoms with E-state index in [1.165, 1.54) is 16.4 Å². The van der Waals surface area contributed by atoms with Gasteiger partial charge in [0.05, 0.1) is 11.4 Å². The van der Waals surface area contributed by atoms with E-state index in [9.17, 15) is 17.6 Å². The molecule has 156 valence electrons. The number of likely N-dealkylation sites (N-methyl/N-ethyl adjacent to an activating group) is 1. The predicted molar refractivity (Wildman–Crippen MR) is 105 cm³/mol. The molecule has 0 saturated carbocycles. The van der Waals surface area contributed by atoms with Crippen LogP contribution in [0.4, 0.5) is 4.39 Å². The fraction of sp³-hybridized carbons (Fsp3) is 0.632. The monoisotopic (exact) mass is 412 g/mol. The summed E-state index contributed by atoms with van der Waals surface area (Å²) in [6, 6.07) is 4.89. The van der Waals surface area contributed by atoms with E-state index in [2.05, 4.69) is 17.1 Å². The Bertz CT molecular complexity index is 766. The molecule has 0 radical (unpaired) electrons. The molecule has 0 aromatic heterocycles. The van der Waals surface area contributed by atoms with Crippen molar-refractivity contribution in [2.24, 2.45) is 0 Å². The topological polar surface area (TPSA) is 73.0 Å². The van der Waals surface area contributed by atoms with Gasteiger partial charge in [-0.05, 0) is 50.2 Å². The molecule has 3 rings (SSSR count). The molecule has 1 aromatic carbocycles. The van der Waals surface area contributed by atoms with Crippen molar-refractivity contribution in [1.82, 2.24) is 19.4 Å². The summed E-state index contributed by atoms with van der Waals surface area (Å²) in [5.41, 5.74) is 0. The molecule has 0 spiro atoms. The molecule has 1 atom stereocenters. The number of halogens is 1. The Labute approximate surface area is 166 Å². The zero-order chi connectivity index (χ0) is 20.1. The molecule has 2 aliphatic heterocycles. The number of nitrogens with one attached hydrogen (secondary N) is 1. The van der Waals surface area contributed by atoms with E-state index in [4.69, 9.17) is 0 Å². The van der Waals surface area contributed by atoms with Crippen LogP contribution in [-0.2, 0) is 14.8 Å². The summed E-state index contributed by atoms with van der Waals surface area (Å²) in [6.45, 7) is 6.51. The number of carbonyl (C=O) groups excluding carboxylic acids is 1. The van der Waals surface area contributed by atoms with E-state index < -0.39 is 15.8 Å². The molecule has 1 aromatic rings. The first-order valence-electron chi connectivity index (χ1n) is 9.90. The number of benzene rings is 1. The SMILES string of the molecule is CCN1CCC[C@@H]1CN(CC(=O)N1CCNCC1)S(=O)(=O)c1ccc(F)cc1. The maximum Gasteiger partial charge on any atom is 0.243 e. The van der Waals surface area contributed by atoms with Gasteiger partial charge in [-0.2, -0.15) is 4.31 Å². The zero-order valence-corrected chi connectivity index (χ0v) is 17.1. The second-order valence-corrected chi connectivity index (χ2v) is 9.24. The summed E-state index contributed by atoms with van der Waals surface area (Å²) < 4.78 is 41.0. The van der Waals surface area contributed by atoms with Crippen LogP contribution < -0.4 is 5.32 Å². The third-order valence-corrected chi connectivity index (χ3v) is 7.38. The number of amides is 1. The first-order valence-corrected chi connectivity index (χ1v) is 11.3. The van der Waals surface area contributed by atoms with Crippen LogP contribution in [0.25, 0.3) is 0 Å². The van der Waals surface area contributed by atoms with Crippen LogP contribution in [-0.4, -0.2) is 86.8 Å². The van der Waals surface area contributed by atoms with Gasteiger partial charge >= 0.3 is 0 Å². The molecule has 7 nitrogen and oxygen atoms in total. The van der Waals surface area contributed by atoms with Gasteiger partial charge in [-0.15, -0.1) is 0 Å². The Morgan fingerprint density at radius 2 is 1.89 bits per heavy atom. The summed E-state index contributed by atoms with van der Waals surface area (Å²) in [5.74, 6) is -0.677. The van der Waals surface area contributed by atoms with Crippen LogP contribution in [0, 0.1) is 5.82 Å². The lowest BCUT2D eigenvalue weighted by atomic mass is 10.2. The van der Waals surface area contributed by atoms with Crippen molar-refractivity contribution in [3.05, 3.63) is 30.1 Å². The average molecular weight is 413 g/mol. The lowest BCUT2D eigenvalue weighted by molar-refractivity contribution is -0.132. The van der Waals surface area contributed by atoms with Crippen LogP contribution >= 0.6 is 0 Å². The highest BCUT2D eigenvalue weighted by Crippen LogP contribution is 2.22. The maximum absolute atomic E-state index is 13.3. The van der Waals surface area contributed by atoms with Crippen LogP contribution in [0.2, 0.25) is 0 Å². The molecule has 1 amide bonds. The largest absolute Gasteiger partial charge is 0.339 e. The standard InChI is InChI=1S/C19H29FN4O3S/c1-2-22-11-3-4-17(22)14-24(15-19(25)23-12-9-21-10-13-23)28(26,27)18-7-5-16(20)6-8-18/h5-8,17,21H,2-4,9-15H2,1H3/t17-/m1/s1. The van der Waals surface area contributed by atoms with Gasteiger partial charge in [0.1, 0.15) is 5.82 Å². The summed E-state index contributed by atoms with van der Waals surface area (Å²) in [7, 11) is -3.89. The van der Waals surface area contributed by atoms with Crippen LogP contribution in [0.3, 0.4) is 0 Å². The molecule has 0 bridgehead atoms. The second-order valence-electron chi connectivity index (χ2n) is 7.31. The Morgan fingerprint density at radius 3 is 2.54 bits per heavy atom. The van der Waals surface area contributed by atoms with E-state index in [-0.39, 0.29) is 29.9 Å². The van der Waals surface area contributed by atoms with Crippen molar-refractivity contribution in [3.63, 3.8) is 0 Å². The number of piperazine rings is 1. The molecule has 2 aliphatic rings. The maximum atomic E-state index is 13.3. The molecule has 0 unspecified atom stereocenters. The highest BCUT2D eigenvalue weighted by molar-refractivity contribution is 7.89. The number of hydrogen-bond donors (Lipinski definition) is 1. The number of hydrogen-bond acceptors (Lipinski definition) is 5. The van der Waals surface area contributed by atoms with E-state index in [0.717, 1.165) is 38.1 Å². The normalized spacial score (nSPS) is 21.4. The summed E-state index contributed by atoms with van der Waals surface area (Å²) in [6.07, 6.45) is 1.93. The van der Waals surface area contributed by atoms with Gasteiger partial charge in [0.15, 0.2) is 0 Å². The fourth-order valence-electron chi connectivity index (χ4n) is 3.92. The second kappa shape index (κ2) is 9.30. The van der Waals surface area contributed by atoms with Gasteiger partial charge in [0.2, 0.25) is 15.9 Å². The number of carbonyl (C=O) groups is 1. The van der Waals surface area contributed by atoms with Gasteiger partial charge in [-0.1, -0.05) is 6.92 Å². The highest BCUT2D eigenvalue weighted by Gasteiger charge is 2.34. The Balaban J connectivity index is 1.82. The molecule has 2 saturated heterocycles. The average Bonchev–Trinajstić information content (AvgIpc) is 3.15. The zero-order valence-electron chi connectivity index (χ0n) is 16.3. The first kappa shape index (κ1) is 21.2. The number of rotatable bonds is 7. The van der Waals surface area contributed by atoms with Gasteiger partial charge in [0, 0.05) is 38.8 Å². The van der Waals surface area contributed by atoms with Crippen molar-refractivity contribution in [2.45, 2.75) is 30.7 Å². The summed E-state index contributed by atoms with van der Waals surface area (Å²) in [5, 5.41) is 3.19. The minimum atomic E-state index is -3.89. The van der Waals surface area contributed by atoms with Gasteiger partial charge < -0.3 is 10.2 Å². The van der Waals surface area contributed by atoms with Crippen molar-refractivity contribution < 1.29 is 17.6 Å². The van der Waals surface area contributed by atoms with Crippen LogP contribution in [0.1, 0.15) is 19.8 Å². The van der Waals surface area contributed by atoms with Crippen molar-refractivity contribution >= 4 is 15.9 Å². The van der Waals surface area contributed by atoms with E-state index in [0.29, 0.717) is 26.2 Å². The van der Waals surface area contributed by atoms with E-state index in [1.807, 2.05) is 0 Å². The lowest BCUT2D eigenvalue weighted by Crippen LogP contribution is -2.52. The minimum absolute atomic E-state index is 0.0167. The van der Waals surface area contributed by atoms with Gasteiger partial charge in [-0.3, -0.25) is 9.69 Å². The molecular formula is C19H29FN4O3S. The highest BCUT2D eigenvalue weighted by atomic mass is 32.2. The molecule has 2 fully saturated rings. The quantitative estimate of drug-likeness (QED) is 0.715. The van der Waals surface area contributed by atoms with E-state index >= 15 is 0 Å². The third-order valence-electron chi connectivity index (χ3n) is 5.55. The third kappa shape index (κ3) is 4.89. The Morgan fingerprint density at radius 1 is 1.21 bits per heavy atom. The van der Waals surface area contributed by atoms with Crippen LogP contribution in [0.15, 0.2) is 29.2 Å². The van der Waals surface area contributed by atoms with Gasteiger partial charge in [0.25, 0.3) is 0 Å². The van der Waals surface area contributed by atoms with Crippen molar-refractivity contribution in [3.8, 4) is 0 Å². The van der Waals surface area contributed by atoms with Gasteiger partial charge in [-0.25, -0.2) is 12.8 Å². The van der Waals surface area contributed by atoms with E-state index in [1.54, 1.807) is 4.90 Å². The molecule has 0 aliphatic carbocycles. The molecule has 9 heteroatoms.